The average Bonchev–Trinajstić information content (AvgIpc) is 2.73. The van der Waals surface area contributed by atoms with Gasteiger partial charge >= 0.3 is 0 Å². The van der Waals surface area contributed by atoms with Crippen molar-refractivity contribution in [3.63, 3.8) is 0 Å². The Morgan fingerprint density at radius 3 is 2.29 bits per heavy atom. The van der Waals surface area contributed by atoms with E-state index in [0.717, 1.165) is 18.8 Å². The van der Waals surface area contributed by atoms with Gasteiger partial charge in [-0.2, -0.15) is 0 Å². The largest absolute Gasteiger partial charge is 0.493 e. The van der Waals surface area contributed by atoms with Crippen molar-refractivity contribution in [2.75, 3.05) is 6.61 Å². The number of fused-ring (bicyclic) bond motifs is 1. The fraction of sp³-hybridized carbons (Fsp3) is 0.538. The topological polar surface area (TPSA) is 9.23 Å². The Bertz CT molecular complexity index is 253. The number of benzene rings is 1. The predicted molar refractivity (Wildman–Crippen MR) is 63.1 cm³/mol. The zero-order chi connectivity index (χ0) is 11.0. The predicted octanol–water partition coefficient (Wildman–Crippen LogP) is 3.98. The minimum absolute atomic E-state index is 0.861. The van der Waals surface area contributed by atoms with Crippen LogP contribution in [0.1, 0.15) is 38.8 Å². The van der Waals surface area contributed by atoms with E-state index in [-0.39, 0.29) is 0 Å². The van der Waals surface area contributed by atoms with Crippen molar-refractivity contribution in [2.45, 2.75) is 41.0 Å². The maximum Gasteiger partial charge on any atom is 0.122 e. The molecule has 0 N–H and O–H groups in total. The highest BCUT2D eigenvalue weighted by molar-refractivity contribution is 5.41. The molecule has 0 amide bonds. The van der Waals surface area contributed by atoms with E-state index in [0.29, 0.717) is 0 Å². The Hall–Kier alpha value is -0.980. The van der Waals surface area contributed by atoms with Gasteiger partial charge in [-0.1, -0.05) is 39.8 Å². The molecule has 1 aromatic carbocycles. The molecule has 80 valence electrons. The molecular weight excluding hydrogens is 172 g/mol. The van der Waals surface area contributed by atoms with E-state index in [1.165, 1.54) is 11.1 Å². The van der Waals surface area contributed by atoms with Gasteiger partial charge in [0.2, 0.25) is 0 Å². The number of ether oxygens (including phenoxy) is 1. The van der Waals surface area contributed by atoms with Gasteiger partial charge in [0.25, 0.3) is 0 Å². The summed E-state index contributed by atoms with van der Waals surface area (Å²) in [6.45, 7) is 11.0. The van der Waals surface area contributed by atoms with Gasteiger partial charge in [-0.15, -0.1) is 0 Å². The zero-order valence-electron chi connectivity index (χ0n) is 10.1. The molecule has 1 aromatic rings. The second-order valence-electron chi connectivity index (χ2n) is 2.65. The molecule has 0 radical (unpaired) electrons. The molecule has 0 saturated carbocycles. The molecule has 0 atom stereocenters. The van der Waals surface area contributed by atoms with E-state index >= 15 is 0 Å². The summed E-state index contributed by atoms with van der Waals surface area (Å²) in [5.74, 6) is 1.08. The van der Waals surface area contributed by atoms with Gasteiger partial charge in [0.1, 0.15) is 5.75 Å². The van der Waals surface area contributed by atoms with E-state index in [4.69, 9.17) is 4.74 Å². The van der Waals surface area contributed by atoms with Crippen LogP contribution in [0.3, 0.4) is 0 Å². The highest BCUT2D eigenvalue weighted by Gasteiger charge is 2.12. The number of aryl methyl sites for hydroxylation is 1. The normalized spacial score (nSPS) is 11.2. The zero-order valence-corrected chi connectivity index (χ0v) is 10.1. The third kappa shape index (κ3) is 3.06. The number of hydrogen-bond donors (Lipinski definition) is 0. The van der Waals surface area contributed by atoms with Gasteiger partial charge in [0, 0.05) is 12.0 Å². The summed E-state index contributed by atoms with van der Waals surface area (Å²) in [7, 11) is 0. The Balaban J connectivity index is 0.000000379. The molecule has 1 nitrogen and oxygen atoms in total. The first-order valence-corrected chi connectivity index (χ1v) is 5.59. The van der Waals surface area contributed by atoms with Gasteiger partial charge in [0.05, 0.1) is 6.61 Å². The first kappa shape index (κ1) is 13.0. The molecule has 0 saturated heterocycles. The second kappa shape index (κ2) is 7.43. The lowest BCUT2D eigenvalue weighted by molar-refractivity contribution is 0.357. The van der Waals surface area contributed by atoms with E-state index in [1.54, 1.807) is 0 Å². The summed E-state index contributed by atoms with van der Waals surface area (Å²) >= 11 is 0. The Labute approximate surface area is 88.1 Å². The van der Waals surface area contributed by atoms with Gasteiger partial charge in [-0.25, -0.2) is 0 Å². The van der Waals surface area contributed by atoms with Gasteiger partial charge in [-0.05, 0) is 18.6 Å². The van der Waals surface area contributed by atoms with Crippen LogP contribution in [0.25, 0.3) is 0 Å². The minimum atomic E-state index is 0.861. The van der Waals surface area contributed by atoms with E-state index in [2.05, 4.69) is 13.0 Å². The van der Waals surface area contributed by atoms with Crippen molar-refractivity contribution in [3.8, 4) is 5.75 Å². The molecule has 1 aliphatic heterocycles. The van der Waals surface area contributed by atoms with Crippen LogP contribution in [0.15, 0.2) is 18.2 Å². The summed E-state index contributed by atoms with van der Waals surface area (Å²) in [4.78, 5) is 0. The first-order valence-electron chi connectivity index (χ1n) is 5.59. The van der Waals surface area contributed by atoms with Crippen LogP contribution in [0.2, 0.25) is 0 Å². The molecule has 0 fully saturated rings. The van der Waals surface area contributed by atoms with Crippen molar-refractivity contribution < 1.29 is 4.74 Å². The van der Waals surface area contributed by atoms with E-state index in [9.17, 15) is 0 Å². The van der Waals surface area contributed by atoms with Crippen LogP contribution in [-0.2, 0) is 6.42 Å². The summed E-state index contributed by atoms with van der Waals surface area (Å²) in [5.41, 5.74) is 2.75. The van der Waals surface area contributed by atoms with Crippen LogP contribution in [0, 0.1) is 6.92 Å². The van der Waals surface area contributed by atoms with Crippen molar-refractivity contribution in [1.82, 2.24) is 0 Å². The molecule has 0 aliphatic carbocycles. The lowest BCUT2D eigenvalue weighted by Crippen LogP contribution is -1.86. The lowest BCUT2D eigenvalue weighted by atomic mass is 10.1. The molecule has 0 spiro atoms. The van der Waals surface area contributed by atoms with Crippen LogP contribution in [0.4, 0.5) is 0 Å². The van der Waals surface area contributed by atoms with Crippen LogP contribution >= 0.6 is 0 Å². The quantitative estimate of drug-likeness (QED) is 0.607. The molecule has 14 heavy (non-hydrogen) atoms. The number of rotatable bonds is 0. The Morgan fingerprint density at radius 2 is 1.71 bits per heavy atom. The highest BCUT2D eigenvalue weighted by Crippen LogP contribution is 2.26. The molecule has 1 heterocycles. The number of hydrogen-bond acceptors (Lipinski definition) is 1. The maximum absolute atomic E-state index is 5.38. The smallest absolute Gasteiger partial charge is 0.122 e. The van der Waals surface area contributed by atoms with Crippen LogP contribution in [0.5, 0.6) is 5.75 Å². The van der Waals surface area contributed by atoms with Crippen molar-refractivity contribution in [2.24, 2.45) is 0 Å². The third-order valence-corrected chi connectivity index (χ3v) is 1.98. The Morgan fingerprint density at radius 1 is 1.07 bits per heavy atom. The minimum Gasteiger partial charge on any atom is -0.493 e. The standard InChI is InChI=1S/C9H10O.2C2H6/c1-7-3-2-4-9-8(7)5-6-10-9;2*1-2/h2-4H,5-6H2,1H3;2*1-2H3. The molecule has 1 aliphatic rings. The monoisotopic (exact) mass is 194 g/mol. The fourth-order valence-corrected chi connectivity index (χ4v) is 1.39. The van der Waals surface area contributed by atoms with E-state index < -0.39 is 0 Å². The highest BCUT2D eigenvalue weighted by atomic mass is 16.5. The molecule has 2 rings (SSSR count). The average molecular weight is 194 g/mol. The molecule has 0 aromatic heterocycles. The first-order chi connectivity index (χ1) is 6.88. The van der Waals surface area contributed by atoms with Gasteiger partial charge in [-0.3, -0.25) is 0 Å². The fourth-order valence-electron chi connectivity index (χ4n) is 1.39. The second-order valence-corrected chi connectivity index (χ2v) is 2.65. The molecule has 0 bridgehead atoms. The SMILES string of the molecule is CC.CC.Cc1cccc2c1CCO2. The summed E-state index contributed by atoms with van der Waals surface area (Å²) in [5, 5.41) is 0. The molecule has 0 unspecified atom stereocenters. The molecule has 1 heteroatoms. The van der Waals surface area contributed by atoms with Gasteiger partial charge in [0.15, 0.2) is 0 Å². The van der Waals surface area contributed by atoms with Crippen LogP contribution < -0.4 is 4.74 Å². The maximum atomic E-state index is 5.38. The summed E-state index contributed by atoms with van der Waals surface area (Å²) < 4.78 is 5.38. The van der Waals surface area contributed by atoms with Crippen LogP contribution in [-0.4, -0.2) is 6.61 Å². The van der Waals surface area contributed by atoms with E-state index in [1.807, 2.05) is 39.8 Å². The lowest BCUT2D eigenvalue weighted by Gasteiger charge is -1.99. The Kier molecular flexibility index (Phi) is 6.91. The van der Waals surface area contributed by atoms with Gasteiger partial charge < -0.3 is 4.74 Å². The van der Waals surface area contributed by atoms with Crippen molar-refractivity contribution >= 4 is 0 Å². The summed E-state index contributed by atoms with van der Waals surface area (Å²) in [6, 6.07) is 6.21. The molecular formula is C13H22O. The third-order valence-electron chi connectivity index (χ3n) is 1.98. The summed E-state index contributed by atoms with van der Waals surface area (Å²) in [6.07, 6.45) is 1.09. The van der Waals surface area contributed by atoms with Crippen molar-refractivity contribution in [1.29, 1.82) is 0 Å². The van der Waals surface area contributed by atoms with Crippen molar-refractivity contribution in [3.05, 3.63) is 29.3 Å².